The molecule has 1 N–H and O–H groups in total. The number of halogens is 2. The molecule has 0 saturated carbocycles. The van der Waals surface area contributed by atoms with Gasteiger partial charge in [-0.1, -0.05) is 0 Å². The van der Waals surface area contributed by atoms with Crippen LogP contribution < -0.4 is 5.32 Å². The van der Waals surface area contributed by atoms with Crippen molar-refractivity contribution in [2.45, 2.75) is 31.2 Å². The highest BCUT2D eigenvalue weighted by atomic mass is 35.7. The molecule has 0 atom stereocenters. The molecule has 1 rings (SSSR count). The zero-order valence-electron chi connectivity index (χ0n) is 12.2. The Morgan fingerprint density at radius 3 is 2.48 bits per heavy atom. The summed E-state index contributed by atoms with van der Waals surface area (Å²) < 4.78 is 41.7. The van der Waals surface area contributed by atoms with Crippen LogP contribution in [-0.4, -0.2) is 33.6 Å². The van der Waals surface area contributed by atoms with Gasteiger partial charge in [-0.3, -0.25) is 4.79 Å². The summed E-state index contributed by atoms with van der Waals surface area (Å²) in [5, 5.41) is 2.57. The van der Waals surface area contributed by atoms with E-state index in [1.54, 1.807) is 13.8 Å². The van der Waals surface area contributed by atoms with Crippen LogP contribution in [-0.2, 0) is 13.8 Å². The average molecular weight is 338 g/mol. The molecule has 0 aliphatic heterocycles. The van der Waals surface area contributed by atoms with E-state index in [1.165, 1.54) is 14.0 Å². The third-order valence-corrected chi connectivity index (χ3v) is 4.19. The Balaban J connectivity index is 3.22. The number of carbonyl (C=O) groups is 1. The minimum atomic E-state index is -4.06. The molecule has 8 heteroatoms. The fourth-order valence-electron chi connectivity index (χ4n) is 1.86. The molecular formula is C13H17ClFNO4S. The smallest absolute Gasteiger partial charge is 0.261 e. The van der Waals surface area contributed by atoms with Gasteiger partial charge in [0.05, 0.1) is 22.6 Å². The van der Waals surface area contributed by atoms with E-state index in [0.717, 1.165) is 12.1 Å². The van der Waals surface area contributed by atoms with Gasteiger partial charge < -0.3 is 10.1 Å². The SMILES string of the molecule is COCC(C)(C)NC(=O)c1cc(S(=O)(=O)Cl)c(C)cc1F. The second-order valence-corrected chi connectivity index (χ2v) is 7.84. The second-order valence-electron chi connectivity index (χ2n) is 5.31. The van der Waals surface area contributed by atoms with Crippen LogP contribution >= 0.6 is 10.7 Å². The normalized spacial score (nSPS) is 12.3. The first-order chi connectivity index (χ1) is 9.48. The maximum atomic E-state index is 13.9. The van der Waals surface area contributed by atoms with Gasteiger partial charge in [0.2, 0.25) is 0 Å². The van der Waals surface area contributed by atoms with Crippen molar-refractivity contribution in [1.82, 2.24) is 5.32 Å². The van der Waals surface area contributed by atoms with Gasteiger partial charge >= 0.3 is 0 Å². The van der Waals surface area contributed by atoms with E-state index in [1.807, 2.05) is 0 Å². The topological polar surface area (TPSA) is 72.5 Å². The molecule has 0 bridgehead atoms. The largest absolute Gasteiger partial charge is 0.382 e. The highest BCUT2D eigenvalue weighted by Crippen LogP contribution is 2.23. The number of carbonyl (C=O) groups excluding carboxylic acids is 1. The minimum absolute atomic E-state index is 0.134. The molecular weight excluding hydrogens is 321 g/mol. The predicted octanol–water partition coefficient (Wildman–Crippen LogP) is 2.22. The number of amides is 1. The molecule has 0 spiro atoms. The first kappa shape index (κ1) is 17.9. The van der Waals surface area contributed by atoms with E-state index in [9.17, 15) is 17.6 Å². The van der Waals surface area contributed by atoms with E-state index in [0.29, 0.717) is 0 Å². The number of hydrogen-bond donors (Lipinski definition) is 1. The molecule has 0 heterocycles. The lowest BCUT2D eigenvalue weighted by Crippen LogP contribution is -2.47. The molecule has 5 nitrogen and oxygen atoms in total. The van der Waals surface area contributed by atoms with Gasteiger partial charge in [0, 0.05) is 17.8 Å². The summed E-state index contributed by atoms with van der Waals surface area (Å²) in [5.74, 6) is -1.56. The highest BCUT2D eigenvalue weighted by molar-refractivity contribution is 8.13. The van der Waals surface area contributed by atoms with Gasteiger partial charge in [0.15, 0.2) is 0 Å². The average Bonchev–Trinajstić information content (AvgIpc) is 2.25. The van der Waals surface area contributed by atoms with Crippen molar-refractivity contribution in [3.63, 3.8) is 0 Å². The van der Waals surface area contributed by atoms with Crippen LogP contribution in [0, 0.1) is 12.7 Å². The van der Waals surface area contributed by atoms with Gasteiger partial charge in [0.25, 0.3) is 15.0 Å². The summed E-state index contributed by atoms with van der Waals surface area (Å²) >= 11 is 0. The molecule has 0 aromatic heterocycles. The molecule has 0 fully saturated rings. The molecule has 21 heavy (non-hydrogen) atoms. The summed E-state index contributed by atoms with van der Waals surface area (Å²) in [6.07, 6.45) is 0. The molecule has 0 saturated heterocycles. The molecule has 0 radical (unpaired) electrons. The molecule has 1 aromatic rings. The molecule has 0 aliphatic rings. The minimum Gasteiger partial charge on any atom is -0.382 e. The summed E-state index contributed by atoms with van der Waals surface area (Å²) in [7, 11) is 2.69. The Kier molecular flexibility index (Phi) is 5.35. The van der Waals surface area contributed by atoms with Crippen LogP contribution in [0.3, 0.4) is 0 Å². The fourth-order valence-corrected chi connectivity index (χ4v) is 3.06. The van der Waals surface area contributed by atoms with Crippen LogP contribution in [0.4, 0.5) is 4.39 Å². The Hall–Kier alpha value is -1.18. The van der Waals surface area contributed by atoms with Gasteiger partial charge in [-0.05, 0) is 38.5 Å². The lowest BCUT2D eigenvalue weighted by atomic mass is 10.1. The third-order valence-electron chi connectivity index (χ3n) is 2.73. The van der Waals surface area contributed by atoms with Gasteiger partial charge in [-0.25, -0.2) is 12.8 Å². The second kappa shape index (κ2) is 6.29. The standard InChI is InChI=1S/C13H17ClFNO4S/c1-8-5-10(15)9(6-11(8)21(14,18)19)12(17)16-13(2,3)7-20-4/h5-6H,7H2,1-4H3,(H,16,17). The van der Waals surface area contributed by atoms with Crippen LogP contribution in [0.5, 0.6) is 0 Å². The number of hydrogen-bond acceptors (Lipinski definition) is 4. The monoisotopic (exact) mass is 337 g/mol. The Morgan fingerprint density at radius 1 is 1.43 bits per heavy atom. The Morgan fingerprint density at radius 2 is 2.00 bits per heavy atom. The molecule has 1 aromatic carbocycles. The molecule has 0 aliphatic carbocycles. The van der Waals surface area contributed by atoms with Gasteiger partial charge in [-0.2, -0.15) is 0 Å². The summed E-state index contributed by atoms with van der Waals surface area (Å²) in [6.45, 7) is 5.00. The van der Waals surface area contributed by atoms with Crippen LogP contribution in [0.25, 0.3) is 0 Å². The van der Waals surface area contributed by atoms with Crippen molar-refractivity contribution in [2.24, 2.45) is 0 Å². The van der Waals surface area contributed by atoms with Gasteiger partial charge in [0.1, 0.15) is 5.82 Å². The van der Waals surface area contributed by atoms with Crippen molar-refractivity contribution >= 4 is 25.6 Å². The van der Waals surface area contributed by atoms with E-state index < -0.39 is 26.3 Å². The zero-order chi connectivity index (χ0) is 16.4. The van der Waals surface area contributed by atoms with E-state index in [2.05, 4.69) is 5.32 Å². The van der Waals surface area contributed by atoms with E-state index >= 15 is 0 Å². The summed E-state index contributed by atoms with van der Waals surface area (Å²) in [5.41, 5.74) is -0.984. The maximum absolute atomic E-state index is 13.9. The van der Waals surface area contributed by atoms with Gasteiger partial charge in [-0.15, -0.1) is 0 Å². The van der Waals surface area contributed by atoms with Crippen LogP contribution in [0.1, 0.15) is 29.8 Å². The summed E-state index contributed by atoms with van der Waals surface area (Å²) in [6, 6.07) is 1.90. The van der Waals surface area contributed by atoms with Crippen LogP contribution in [0.15, 0.2) is 17.0 Å². The van der Waals surface area contributed by atoms with Crippen molar-refractivity contribution in [2.75, 3.05) is 13.7 Å². The quantitative estimate of drug-likeness (QED) is 0.836. The number of nitrogens with one attached hydrogen (secondary N) is 1. The van der Waals surface area contributed by atoms with Crippen LogP contribution in [0.2, 0.25) is 0 Å². The van der Waals surface area contributed by atoms with E-state index in [-0.39, 0.29) is 22.6 Å². The third kappa shape index (κ3) is 4.66. The predicted molar refractivity (Wildman–Crippen MR) is 77.6 cm³/mol. The number of aryl methyl sites for hydroxylation is 1. The number of ether oxygens (including phenoxy) is 1. The van der Waals surface area contributed by atoms with Crippen molar-refractivity contribution in [3.05, 3.63) is 29.1 Å². The fraction of sp³-hybridized carbons (Fsp3) is 0.462. The van der Waals surface area contributed by atoms with E-state index in [4.69, 9.17) is 15.4 Å². The Bertz CT molecular complexity index is 658. The zero-order valence-corrected chi connectivity index (χ0v) is 13.7. The lowest BCUT2D eigenvalue weighted by molar-refractivity contribution is 0.0816. The number of rotatable bonds is 5. The Labute approximate surface area is 127 Å². The number of methoxy groups -OCH3 is 1. The molecule has 118 valence electrons. The maximum Gasteiger partial charge on any atom is 0.261 e. The van der Waals surface area contributed by atoms with Crippen molar-refractivity contribution in [3.8, 4) is 0 Å². The van der Waals surface area contributed by atoms with Crippen molar-refractivity contribution < 1.29 is 22.3 Å². The first-order valence-corrected chi connectivity index (χ1v) is 8.35. The highest BCUT2D eigenvalue weighted by Gasteiger charge is 2.25. The summed E-state index contributed by atoms with van der Waals surface area (Å²) in [4.78, 5) is 11.8. The molecule has 0 unspecified atom stereocenters. The van der Waals surface area contributed by atoms with Crippen molar-refractivity contribution in [1.29, 1.82) is 0 Å². The first-order valence-electron chi connectivity index (χ1n) is 6.04. The lowest BCUT2D eigenvalue weighted by Gasteiger charge is -2.25. The number of benzene rings is 1. The molecule has 1 amide bonds.